The van der Waals surface area contributed by atoms with E-state index in [1.165, 1.54) is 17.5 Å². The Morgan fingerprint density at radius 1 is 1.24 bits per heavy atom. The van der Waals surface area contributed by atoms with E-state index in [4.69, 9.17) is 0 Å². The highest BCUT2D eigenvalue weighted by Crippen LogP contribution is 2.19. The van der Waals surface area contributed by atoms with Crippen LogP contribution in [0.25, 0.3) is 0 Å². The summed E-state index contributed by atoms with van der Waals surface area (Å²) in [7, 11) is 0. The molecule has 0 bridgehead atoms. The summed E-state index contributed by atoms with van der Waals surface area (Å²) in [5, 5.41) is 12.7. The van der Waals surface area contributed by atoms with Crippen molar-refractivity contribution in [3.05, 3.63) is 51.0 Å². The topological polar surface area (TPSA) is 79.3 Å². The SMILES string of the molecule is Cc1ncc(C(=O)NC(C(=O)O)c2ccc(C)c(C)c2)s1. The van der Waals surface area contributed by atoms with Crippen LogP contribution in [-0.2, 0) is 4.79 Å². The summed E-state index contributed by atoms with van der Waals surface area (Å²) < 4.78 is 0. The first kappa shape index (κ1) is 15.2. The molecule has 2 N–H and O–H groups in total. The van der Waals surface area contributed by atoms with Crippen molar-refractivity contribution >= 4 is 23.2 Å². The molecule has 1 aromatic carbocycles. The Morgan fingerprint density at radius 2 is 1.95 bits per heavy atom. The molecule has 1 atom stereocenters. The van der Waals surface area contributed by atoms with Crippen LogP contribution < -0.4 is 5.32 Å². The van der Waals surface area contributed by atoms with Gasteiger partial charge in [0, 0.05) is 0 Å². The fraction of sp³-hybridized carbons (Fsp3) is 0.267. The smallest absolute Gasteiger partial charge is 0.330 e. The first-order valence-electron chi connectivity index (χ1n) is 6.41. The van der Waals surface area contributed by atoms with E-state index in [9.17, 15) is 14.7 Å². The minimum Gasteiger partial charge on any atom is -0.479 e. The van der Waals surface area contributed by atoms with Gasteiger partial charge < -0.3 is 10.4 Å². The monoisotopic (exact) mass is 304 g/mol. The Balaban J connectivity index is 2.25. The fourth-order valence-electron chi connectivity index (χ4n) is 1.90. The number of aliphatic carboxylic acids is 1. The predicted octanol–water partition coefficient (Wildman–Crippen LogP) is 2.62. The van der Waals surface area contributed by atoms with Crippen LogP contribution in [0.4, 0.5) is 0 Å². The third-order valence-corrected chi connectivity index (χ3v) is 4.14. The van der Waals surface area contributed by atoms with Gasteiger partial charge in [-0.3, -0.25) is 4.79 Å². The largest absolute Gasteiger partial charge is 0.479 e. The maximum atomic E-state index is 12.1. The van der Waals surface area contributed by atoms with Gasteiger partial charge in [-0.1, -0.05) is 18.2 Å². The number of carboxylic acids is 1. The lowest BCUT2D eigenvalue weighted by Gasteiger charge is -2.15. The summed E-state index contributed by atoms with van der Waals surface area (Å²) in [6.45, 7) is 5.65. The van der Waals surface area contributed by atoms with Crippen LogP contribution in [0.5, 0.6) is 0 Å². The van der Waals surface area contributed by atoms with Gasteiger partial charge in [-0.05, 0) is 37.5 Å². The van der Waals surface area contributed by atoms with Gasteiger partial charge in [0.2, 0.25) is 0 Å². The molecule has 21 heavy (non-hydrogen) atoms. The average molecular weight is 304 g/mol. The first-order chi connectivity index (χ1) is 9.88. The van der Waals surface area contributed by atoms with Gasteiger partial charge in [-0.25, -0.2) is 9.78 Å². The van der Waals surface area contributed by atoms with E-state index >= 15 is 0 Å². The molecule has 5 nitrogen and oxygen atoms in total. The van der Waals surface area contributed by atoms with Gasteiger partial charge in [0.15, 0.2) is 6.04 Å². The van der Waals surface area contributed by atoms with Gasteiger partial charge >= 0.3 is 5.97 Å². The molecule has 0 saturated carbocycles. The molecule has 0 aliphatic heterocycles. The van der Waals surface area contributed by atoms with E-state index in [-0.39, 0.29) is 0 Å². The molecule has 0 radical (unpaired) electrons. The first-order valence-corrected chi connectivity index (χ1v) is 7.23. The van der Waals surface area contributed by atoms with Gasteiger partial charge in [0.05, 0.1) is 11.2 Å². The number of hydrogen-bond donors (Lipinski definition) is 2. The number of aryl methyl sites for hydroxylation is 3. The molecule has 0 fully saturated rings. The molecular formula is C15H16N2O3S. The Labute approximate surface area is 126 Å². The van der Waals surface area contributed by atoms with Crippen LogP contribution in [0.15, 0.2) is 24.4 Å². The standard InChI is InChI=1S/C15H16N2O3S/c1-8-4-5-11(6-9(8)2)13(15(19)20)17-14(18)12-7-16-10(3)21-12/h4-7,13H,1-3H3,(H,17,18)(H,19,20). The van der Waals surface area contributed by atoms with Crippen molar-refractivity contribution in [1.29, 1.82) is 0 Å². The van der Waals surface area contributed by atoms with Gasteiger partial charge in [-0.2, -0.15) is 0 Å². The van der Waals surface area contributed by atoms with E-state index < -0.39 is 17.9 Å². The molecule has 1 aromatic heterocycles. The highest BCUT2D eigenvalue weighted by atomic mass is 32.1. The maximum Gasteiger partial charge on any atom is 0.330 e. The molecule has 0 aliphatic rings. The Bertz CT molecular complexity index is 694. The molecule has 110 valence electrons. The zero-order valence-electron chi connectivity index (χ0n) is 12.0. The number of nitrogens with zero attached hydrogens (tertiary/aromatic N) is 1. The summed E-state index contributed by atoms with van der Waals surface area (Å²) in [4.78, 5) is 27.9. The van der Waals surface area contributed by atoms with Crippen molar-refractivity contribution in [3.63, 3.8) is 0 Å². The second kappa shape index (κ2) is 6.05. The van der Waals surface area contributed by atoms with Crippen molar-refractivity contribution in [3.8, 4) is 0 Å². The van der Waals surface area contributed by atoms with Gasteiger partial charge in [-0.15, -0.1) is 11.3 Å². The van der Waals surface area contributed by atoms with Gasteiger partial charge in [0.25, 0.3) is 5.91 Å². The normalized spacial score (nSPS) is 12.0. The van der Waals surface area contributed by atoms with Gasteiger partial charge in [0.1, 0.15) is 4.88 Å². The van der Waals surface area contributed by atoms with Crippen molar-refractivity contribution in [2.45, 2.75) is 26.8 Å². The summed E-state index contributed by atoms with van der Waals surface area (Å²) in [6.07, 6.45) is 1.45. The van der Waals surface area contributed by atoms with E-state index in [0.29, 0.717) is 10.4 Å². The van der Waals surface area contributed by atoms with Crippen LogP contribution in [0.2, 0.25) is 0 Å². The quantitative estimate of drug-likeness (QED) is 0.910. The van der Waals surface area contributed by atoms with Crippen LogP contribution in [-0.4, -0.2) is 22.0 Å². The van der Waals surface area contributed by atoms with Crippen LogP contribution in [0.3, 0.4) is 0 Å². The summed E-state index contributed by atoms with van der Waals surface area (Å²) in [5.74, 6) is -1.51. The number of nitrogens with one attached hydrogen (secondary N) is 1. The predicted molar refractivity (Wildman–Crippen MR) is 80.6 cm³/mol. The van der Waals surface area contributed by atoms with E-state index in [2.05, 4.69) is 10.3 Å². The number of benzene rings is 1. The van der Waals surface area contributed by atoms with E-state index in [1.54, 1.807) is 19.1 Å². The number of rotatable bonds is 4. The van der Waals surface area contributed by atoms with Crippen LogP contribution in [0, 0.1) is 20.8 Å². The van der Waals surface area contributed by atoms with Crippen molar-refractivity contribution in [2.75, 3.05) is 0 Å². The fourth-order valence-corrected chi connectivity index (χ4v) is 2.58. The summed E-state index contributed by atoms with van der Waals surface area (Å²) in [6, 6.07) is 4.29. The number of hydrogen-bond acceptors (Lipinski definition) is 4. The lowest BCUT2D eigenvalue weighted by atomic mass is 10.0. The molecule has 1 heterocycles. The second-order valence-corrected chi connectivity index (χ2v) is 6.07. The Kier molecular flexibility index (Phi) is 4.37. The molecule has 0 aliphatic carbocycles. The van der Waals surface area contributed by atoms with Crippen molar-refractivity contribution < 1.29 is 14.7 Å². The highest BCUT2D eigenvalue weighted by Gasteiger charge is 2.23. The van der Waals surface area contributed by atoms with Crippen LogP contribution >= 0.6 is 11.3 Å². The van der Waals surface area contributed by atoms with E-state index in [0.717, 1.165) is 16.1 Å². The molecule has 0 spiro atoms. The molecule has 1 unspecified atom stereocenters. The summed E-state index contributed by atoms with van der Waals surface area (Å²) in [5.41, 5.74) is 2.62. The number of aromatic nitrogens is 1. The Hall–Kier alpha value is -2.21. The molecular weight excluding hydrogens is 288 g/mol. The maximum absolute atomic E-state index is 12.1. The molecule has 2 rings (SSSR count). The minimum absolute atomic E-state index is 0.405. The van der Waals surface area contributed by atoms with E-state index in [1.807, 2.05) is 19.9 Å². The molecule has 0 saturated heterocycles. The lowest BCUT2D eigenvalue weighted by molar-refractivity contribution is -0.139. The number of amides is 1. The third-order valence-electron chi connectivity index (χ3n) is 3.23. The number of carboxylic acid groups (broad SMARTS) is 1. The third kappa shape index (κ3) is 3.46. The summed E-state index contributed by atoms with van der Waals surface area (Å²) >= 11 is 1.23. The molecule has 1 amide bonds. The molecule has 2 aromatic rings. The minimum atomic E-state index is -1.09. The highest BCUT2D eigenvalue weighted by molar-refractivity contribution is 7.13. The zero-order valence-corrected chi connectivity index (χ0v) is 12.8. The van der Waals surface area contributed by atoms with Crippen molar-refractivity contribution in [1.82, 2.24) is 10.3 Å². The van der Waals surface area contributed by atoms with Crippen LogP contribution in [0.1, 0.15) is 37.4 Å². The number of thiazole rings is 1. The number of carbonyl (C=O) groups excluding carboxylic acids is 1. The lowest BCUT2D eigenvalue weighted by Crippen LogP contribution is -2.33. The van der Waals surface area contributed by atoms with Crippen molar-refractivity contribution in [2.24, 2.45) is 0 Å². The second-order valence-electron chi connectivity index (χ2n) is 4.83. The Morgan fingerprint density at radius 3 is 2.48 bits per heavy atom. The number of carbonyl (C=O) groups is 2. The zero-order chi connectivity index (χ0) is 15.6. The molecule has 6 heteroatoms. The average Bonchev–Trinajstić information content (AvgIpc) is 2.85.